The Morgan fingerprint density at radius 3 is 2.35 bits per heavy atom. The van der Waals surface area contributed by atoms with E-state index in [1.807, 2.05) is 0 Å². The van der Waals surface area contributed by atoms with Gasteiger partial charge in [-0.2, -0.15) is 0 Å². The molecule has 0 bridgehead atoms. The molecule has 2 aromatic rings. The first-order valence-corrected chi connectivity index (χ1v) is 13.8. The van der Waals surface area contributed by atoms with Crippen LogP contribution in [0.3, 0.4) is 0 Å². The molecule has 0 heterocycles. The van der Waals surface area contributed by atoms with Crippen LogP contribution < -0.4 is 15.4 Å². The van der Waals surface area contributed by atoms with Crippen molar-refractivity contribution < 1.29 is 43.2 Å². The molecule has 5 rings (SSSR count). The van der Waals surface area contributed by atoms with Gasteiger partial charge in [0, 0.05) is 37.7 Å². The van der Waals surface area contributed by atoms with Gasteiger partial charge in [0.25, 0.3) is 15.9 Å². The zero-order chi connectivity index (χ0) is 29.3. The Hall–Kier alpha value is -4.36. The van der Waals surface area contributed by atoms with E-state index in [4.69, 9.17) is 5.73 Å². The van der Waals surface area contributed by atoms with Crippen LogP contribution in [0.2, 0.25) is 0 Å². The number of primary amides is 1. The van der Waals surface area contributed by atoms with E-state index in [0.29, 0.717) is 11.3 Å². The fourth-order valence-corrected chi connectivity index (χ4v) is 7.03. The van der Waals surface area contributed by atoms with Crippen molar-refractivity contribution in [1.29, 1.82) is 0 Å². The predicted octanol–water partition coefficient (Wildman–Crippen LogP) is 1.29. The lowest BCUT2D eigenvalue weighted by Crippen LogP contribution is -2.58. The molecule has 0 spiro atoms. The maximum Gasteiger partial charge on any atom is 0.262 e. The SMILES string of the molecule is CN(C)c1cc(NS(=O)(=O)c2ccccc2)c(O)c2c1CC1CC3CC(=O)C(C(N)=O)=C(O)C3(O)C(=O)C1=C2O. The second-order valence-electron chi connectivity index (χ2n) is 10.4. The molecule has 210 valence electrons. The van der Waals surface area contributed by atoms with Gasteiger partial charge in [0.2, 0.25) is 5.78 Å². The summed E-state index contributed by atoms with van der Waals surface area (Å²) in [6.07, 6.45) is -0.353. The second kappa shape index (κ2) is 9.10. The normalized spacial score (nSPS) is 24.3. The molecule has 40 heavy (non-hydrogen) atoms. The number of nitrogens with two attached hydrogens (primary N) is 1. The van der Waals surface area contributed by atoms with E-state index >= 15 is 0 Å². The number of rotatable bonds is 5. The molecule has 1 amide bonds. The Bertz CT molecular complexity index is 1660. The van der Waals surface area contributed by atoms with Crippen LogP contribution >= 0.6 is 0 Å². The fraction of sp³-hybridized carbons (Fsp3) is 0.296. The number of amides is 1. The van der Waals surface area contributed by atoms with Crippen LogP contribution in [0.15, 0.2) is 58.2 Å². The lowest BCUT2D eigenvalue weighted by atomic mass is 9.59. The van der Waals surface area contributed by atoms with Crippen LogP contribution in [0.5, 0.6) is 5.75 Å². The Kier molecular flexibility index (Phi) is 6.19. The zero-order valence-electron chi connectivity index (χ0n) is 21.5. The van der Waals surface area contributed by atoms with Crippen molar-refractivity contribution >= 4 is 44.6 Å². The van der Waals surface area contributed by atoms with E-state index in [9.17, 15) is 43.2 Å². The predicted molar refractivity (Wildman–Crippen MR) is 143 cm³/mol. The molecule has 3 atom stereocenters. The number of carbonyl (C=O) groups is 3. The molecule has 3 aliphatic carbocycles. The van der Waals surface area contributed by atoms with Gasteiger partial charge in [-0.05, 0) is 42.5 Å². The van der Waals surface area contributed by atoms with Crippen LogP contribution in [-0.2, 0) is 30.8 Å². The number of carbonyl (C=O) groups excluding carboxylic acids is 3. The van der Waals surface area contributed by atoms with E-state index in [-0.39, 0.29) is 34.6 Å². The number of phenols is 1. The Labute approximate surface area is 229 Å². The smallest absolute Gasteiger partial charge is 0.262 e. The molecule has 3 aliphatic rings. The molecule has 0 saturated heterocycles. The number of aromatic hydroxyl groups is 1. The van der Waals surface area contributed by atoms with E-state index in [2.05, 4.69) is 4.72 Å². The van der Waals surface area contributed by atoms with Crippen molar-refractivity contribution in [3.05, 3.63) is 64.4 Å². The van der Waals surface area contributed by atoms with E-state index in [1.54, 1.807) is 25.1 Å². The van der Waals surface area contributed by atoms with Gasteiger partial charge in [0.05, 0.1) is 16.1 Å². The number of nitrogens with one attached hydrogen (secondary N) is 1. The average molecular weight is 570 g/mol. The van der Waals surface area contributed by atoms with Gasteiger partial charge in [-0.3, -0.25) is 19.1 Å². The van der Waals surface area contributed by atoms with E-state index in [1.165, 1.54) is 30.3 Å². The number of hydrogen-bond donors (Lipinski definition) is 6. The lowest BCUT2D eigenvalue weighted by molar-refractivity contribution is -0.147. The molecule has 0 radical (unpaired) electrons. The van der Waals surface area contributed by atoms with Crippen molar-refractivity contribution in [3.8, 4) is 5.75 Å². The van der Waals surface area contributed by atoms with Crippen LogP contribution in [0.25, 0.3) is 5.76 Å². The van der Waals surface area contributed by atoms with Crippen LogP contribution in [-0.4, -0.2) is 66.0 Å². The van der Waals surface area contributed by atoms with Crippen molar-refractivity contribution in [2.75, 3.05) is 23.7 Å². The minimum Gasteiger partial charge on any atom is -0.508 e. The van der Waals surface area contributed by atoms with Gasteiger partial charge in [0.15, 0.2) is 17.1 Å². The topological polar surface area (TPSA) is 208 Å². The highest BCUT2D eigenvalue weighted by Crippen LogP contribution is 2.54. The third-order valence-corrected chi connectivity index (χ3v) is 9.20. The van der Waals surface area contributed by atoms with Gasteiger partial charge in [0.1, 0.15) is 17.1 Å². The summed E-state index contributed by atoms with van der Waals surface area (Å²) in [4.78, 5) is 39.6. The van der Waals surface area contributed by atoms with Crippen LogP contribution in [0, 0.1) is 11.8 Å². The molecule has 7 N–H and O–H groups in total. The van der Waals surface area contributed by atoms with Gasteiger partial charge in [-0.25, -0.2) is 8.42 Å². The second-order valence-corrected chi connectivity index (χ2v) is 12.0. The van der Waals surface area contributed by atoms with Crippen molar-refractivity contribution in [3.63, 3.8) is 0 Å². The van der Waals surface area contributed by atoms with Gasteiger partial charge in [-0.15, -0.1) is 0 Å². The first kappa shape index (κ1) is 27.2. The minimum absolute atomic E-state index is 0.0149. The molecule has 1 fully saturated rings. The summed E-state index contributed by atoms with van der Waals surface area (Å²) in [5, 5.41) is 44.7. The summed E-state index contributed by atoms with van der Waals surface area (Å²) in [6.45, 7) is 0. The highest BCUT2D eigenvalue weighted by molar-refractivity contribution is 7.92. The summed E-state index contributed by atoms with van der Waals surface area (Å²) >= 11 is 0. The number of nitrogens with zero attached hydrogens (tertiary/aromatic N) is 1. The summed E-state index contributed by atoms with van der Waals surface area (Å²) in [7, 11) is -0.801. The van der Waals surface area contributed by atoms with Crippen molar-refractivity contribution in [2.24, 2.45) is 17.6 Å². The molecule has 3 unspecified atom stereocenters. The van der Waals surface area contributed by atoms with Crippen molar-refractivity contribution in [2.45, 2.75) is 29.8 Å². The first-order chi connectivity index (χ1) is 18.7. The number of fused-ring (bicyclic) bond motifs is 3. The highest BCUT2D eigenvalue weighted by atomic mass is 32.2. The molecule has 12 nitrogen and oxygen atoms in total. The summed E-state index contributed by atoms with van der Waals surface area (Å²) < 4.78 is 28.4. The zero-order valence-corrected chi connectivity index (χ0v) is 22.3. The maximum atomic E-state index is 13.7. The van der Waals surface area contributed by atoms with E-state index in [0.717, 1.165) is 0 Å². The van der Waals surface area contributed by atoms with Gasteiger partial charge >= 0.3 is 0 Å². The minimum atomic E-state index is -4.16. The molecule has 13 heteroatoms. The fourth-order valence-electron chi connectivity index (χ4n) is 5.95. The number of aliphatic hydroxyl groups is 3. The summed E-state index contributed by atoms with van der Waals surface area (Å²) in [5.74, 6) is -7.59. The van der Waals surface area contributed by atoms with Gasteiger partial charge < -0.3 is 31.1 Å². The van der Waals surface area contributed by atoms with Crippen LogP contribution in [0.4, 0.5) is 11.4 Å². The molecule has 2 aromatic carbocycles. The molecule has 0 aromatic heterocycles. The molecular formula is C27H27N3O9S. The number of sulfonamides is 1. The number of hydrogen-bond acceptors (Lipinski definition) is 10. The summed E-state index contributed by atoms with van der Waals surface area (Å²) in [5.41, 5.74) is 1.69. The lowest BCUT2D eigenvalue weighted by Gasteiger charge is -2.46. The standard InChI is InChI=1S/C27H27N3O9S/c1-30(2)17-11-16(29-40(38,39)14-6-4-3-5-7-14)22(32)20-15(17)9-12-8-13-10-18(31)21(26(28)36)25(35)27(13,37)24(34)19(12)23(20)33/h3-7,11-13,29,32-33,35,37H,8-10H2,1-2H3,(H2,28,36). The Morgan fingerprint density at radius 2 is 1.75 bits per heavy atom. The highest BCUT2D eigenvalue weighted by Gasteiger charge is 2.60. The Morgan fingerprint density at radius 1 is 1.10 bits per heavy atom. The number of aliphatic hydroxyl groups excluding tert-OH is 2. The average Bonchev–Trinajstić information content (AvgIpc) is 2.87. The third-order valence-electron chi connectivity index (χ3n) is 7.82. The third kappa shape index (κ3) is 3.84. The molecule has 0 aliphatic heterocycles. The first-order valence-electron chi connectivity index (χ1n) is 12.3. The quantitative estimate of drug-likeness (QED) is 0.225. The van der Waals surface area contributed by atoms with Crippen molar-refractivity contribution in [1.82, 2.24) is 0 Å². The number of benzene rings is 2. The number of anilines is 2. The maximum absolute atomic E-state index is 13.7. The number of ketones is 2. The molecular weight excluding hydrogens is 542 g/mol. The van der Waals surface area contributed by atoms with Crippen LogP contribution in [0.1, 0.15) is 24.0 Å². The largest absolute Gasteiger partial charge is 0.508 e. The molecule has 1 saturated carbocycles. The van der Waals surface area contributed by atoms with Gasteiger partial charge in [-0.1, -0.05) is 18.2 Å². The van der Waals surface area contributed by atoms with E-state index < -0.39 is 74.2 Å². The Balaban J connectivity index is 1.69. The summed E-state index contributed by atoms with van der Waals surface area (Å²) in [6, 6.07) is 8.83. The number of Topliss-reactive ketones (excluding diaryl/α,β-unsaturated/α-hetero) is 2. The number of phenolic OH excluding ortho intramolecular Hbond substituents is 1. The monoisotopic (exact) mass is 569 g/mol.